The highest BCUT2D eigenvalue weighted by Crippen LogP contribution is 2.31. The van der Waals surface area contributed by atoms with Crippen molar-refractivity contribution in [2.45, 2.75) is 0 Å². The van der Waals surface area contributed by atoms with Gasteiger partial charge in [0.15, 0.2) is 23.1 Å². The summed E-state index contributed by atoms with van der Waals surface area (Å²) in [6, 6.07) is 6.53. The Balaban J connectivity index is 2.42. The first kappa shape index (κ1) is 22.1. The molecule has 0 atom stereocenters. The fourth-order valence-electron chi connectivity index (χ4n) is 2.48. The largest absolute Gasteiger partial charge is 0.519 e. The van der Waals surface area contributed by atoms with Gasteiger partial charge in [0.25, 0.3) is 11.4 Å². The molecule has 0 heterocycles. The molecule has 0 aliphatic heterocycles. The van der Waals surface area contributed by atoms with Crippen molar-refractivity contribution >= 4 is 29.1 Å². The number of nitrogens with zero attached hydrogens (tertiary/aromatic N) is 2. The van der Waals surface area contributed by atoms with Crippen LogP contribution in [0.2, 0.25) is 0 Å². The summed E-state index contributed by atoms with van der Waals surface area (Å²) in [5.41, 5.74) is 8.10. The number of Topliss-reactive ketones (excluding diaryl/α,β-unsaturated/α-hetero) is 2. The molecular formula is C17H14N4O9. The van der Waals surface area contributed by atoms with E-state index in [1.807, 2.05) is 0 Å². The second-order valence-corrected chi connectivity index (χ2v) is 5.52. The molecule has 30 heavy (non-hydrogen) atoms. The van der Waals surface area contributed by atoms with Gasteiger partial charge in [0.2, 0.25) is 0 Å². The van der Waals surface area contributed by atoms with E-state index in [2.05, 4.69) is 0 Å². The molecule has 0 unspecified atom stereocenters. The van der Waals surface area contributed by atoms with Crippen LogP contribution in [0.5, 0.6) is 11.5 Å². The minimum absolute atomic E-state index is 0.512. The molecule has 13 nitrogen and oxygen atoms in total. The van der Waals surface area contributed by atoms with Crippen LogP contribution < -0.4 is 20.9 Å². The van der Waals surface area contributed by atoms with E-state index in [1.54, 1.807) is 0 Å². The summed E-state index contributed by atoms with van der Waals surface area (Å²) in [5, 5.41) is 22.3. The molecule has 0 radical (unpaired) electrons. The lowest BCUT2D eigenvalue weighted by atomic mass is 10.1. The molecule has 0 bridgehead atoms. The number of carbonyl (C=O) groups is 3. The summed E-state index contributed by atoms with van der Waals surface area (Å²) in [7, 11) is 0. The van der Waals surface area contributed by atoms with Crippen LogP contribution in [-0.4, -0.2) is 40.7 Å². The molecular weight excluding hydrogens is 404 g/mol. The Morgan fingerprint density at radius 2 is 1.13 bits per heavy atom. The Labute approximate surface area is 167 Å². The highest BCUT2D eigenvalue weighted by Gasteiger charge is 2.28. The van der Waals surface area contributed by atoms with Crippen LogP contribution in [0.15, 0.2) is 36.4 Å². The second kappa shape index (κ2) is 9.31. The molecule has 4 N–H and O–H groups in total. The van der Waals surface area contributed by atoms with E-state index in [-0.39, 0.29) is 0 Å². The van der Waals surface area contributed by atoms with Crippen LogP contribution in [-0.2, 0) is 0 Å². The minimum Gasteiger partial charge on any atom is -0.394 e. The lowest BCUT2D eigenvalue weighted by molar-refractivity contribution is -0.385. The van der Waals surface area contributed by atoms with Gasteiger partial charge < -0.3 is 20.9 Å². The van der Waals surface area contributed by atoms with Crippen molar-refractivity contribution in [2.75, 3.05) is 13.1 Å². The zero-order chi connectivity index (χ0) is 22.4. The summed E-state index contributed by atoms with van der Waals surface area (Å²) in [4.78, 5) is 56.8. The molecule has 2 aromatic carbocycles. The molecule has 0 aromatic heterocycles. The Hall–Kier alpha value is -4.23. The van der Waals surface area contributed by atoms with Gasteiger partial charge in [-0.25, -0.2) is 4.79 Å². The van der Waals surface area contributed by atoms with Crippen LogP contribution in [0.25, 0.3) is 0 Å². The number of nitrogens with two attached hydrogens (primary N) is 2. The van der Waals surface area contributed by atoms with Crippen molar-refractivity contribution in [3.8, 4) is 11.5 Å². The molecule has 2 rings (SSSR count). The monoisotopic (exact) mass is 418 g/mol. The highest BCUT2D eigenvalue weighted by atomic mass is 16.7. The summed E-state index contributed by atoms with van der Waals surface area (Å²) < 4.78 is 9.76. The van der Waals surface area contributed by atoms with Crippen molar-refractivity contribution in [3.63, 3.8) is 0 Å². The number of ketones is 2. The van der Waals surface area contributed by atoms with E-state index in [4.69, 9.17) is 20.9 Å². The molecule has 0 fully saturated rings. The number of ether oxygens (including phenoxy) is 2. The molecule has 0 aliphatic rings. The van der Waals surface area contributed by atoms with Gasteiger partial charge in [-0.1, -0.05) is 12.1 Å². The van der Waals surface area contributed by atoms with Gasteiger partial charge >= 0.3 is 6.16 Å². The lowest BCUT2D eigenvalue weighted by Crippen LogP contribution is -2.22. The molecule has 13 heteroatoms. The van der Waals surface area contributed by atoms with Crippen molar-refractivity contribution < 1.29 is 33.7 Å². The normalized spacial score (nSPS) is 10.2. The first-order valence-corrected chi connectivity index (χ1v) is 8.12. The van der Waals surface area contributed by atoms with Crippen LogP contribution in [0.1, 0.15) is 20.7 Å². The van der Waals surface area contributed by atoms with Gasteiger partial charge in [-0.2, -0.15) is 0 Å². The fourth-order valence-corrected chi connectivity index (χ4v) is 2.48. The van der Waals surface area contributed by atoms with Crippen molar-refractivity contribution in [1.29, 1.82) is 0 Å². The summed E-state index contributed by atoms with van der Waals surface area (Å²) >= 11 is 0. The molecule has 2 aromatic rings. The first-order valence-electron chi connectivity index (χ1n) is 8.12. The average Bonchev–Trinajstić information content (AvgIpc) is 2.72. The van der Waals surface area contributed by atoms with Gasteiger partial charge in [-0.05, 0) is 12.1 Å². The van der Waals surface area contributed by atoms with Crippen LogP contribution in [0, 0.1) is 20.2 Å². The number of rotatable bonds is 8. The summed E-state index contributed by atoms with van der Waals surface area (Å²) in [5.74, 6) is -2.78. The van der Waals surface area contributed by atoms with Crippen LogP contribution in [0.3, 0.4) is 0 Å². The van der Waals surface area contributed by atoms with E-state index >= 15 is 0 Å². The molecule has 0 saturated heterocycles. The Morgan fingerprint density at radius 1 is 0.767 bits per heavy atom. The Kier molecular flexibility index (Phi) is 6.85. The minimum atomic E-state index is -1.51. The van der Waals surface area contributed by atoms with Gasteiger partial charge in [-0.3, -0.25) is 29.8 Å². The highest BCUT2D eigenvalue weighted by molar-refractivity contribution is 6.05. The molecule has 0 spiro atoms. The number of nitro groups is 2. The van der Waals surface area contributed by atoms with Crippen molar-refractivity contribution in [3.05, 3.63) is 67.8 Å². The lowest BCUT2D eigenvalue weighted by Gasteiger charge is -2.11. The zero-order valence-electron chi connectivity index (χ0n) is 15.1. The first-order chi connectivity index (χ1) is 14.2. The second-order valence-electron chi connectivity index (χ2n) is 5.52. The summed E-state index contributed by atoms with van der Waals surface area (Å²) in [6.07, 6.45) is -1.51. The smallest absolute Gasteiger partial charge is 0.394 e. The van der Waals surface area contributed by atoms with E-state index in [1.165, 1.54) is 0 Å². The number of benzene rings is 2. The maximum Gasteiger partial charge on any atom is 0.519 e. The predicted octanol–water partition coefficient (Wildman–Crippen LogP) is 1.36. The van der Waals surface area contributed by atoms with Crippen LogP contribution in [0.4, 0.5) is 16.2 Å². The maximum atomic E-state index is 12.2. The Bertz CT molecular complexity index is 970. The van der Waals surface area contributed by atoms with E-state index in [0.717, 1.165) is 36.4 Å². The number of hydrogen-bond acceptors (Lipinski definition) is 11. The third-order valence-electron chi connectivity index (χ3n) is 3.72. The fraction of sp³-hybridized carbons (Fsp3) is 0.118. The number of hydrogen-bond donors (Lipinski definition) is 2. The molecule has 0 aliphatic carbocycles. The van der Waals surface area contributed by atoms with Gasteiger partial charge in [0, 0.05) is 12.1 Å². The van der Waals surface area contributed by atoms with Crippen LogP contribution >= 0.6 is 0 Å². The van der Waals surface area contributed by atoms with Crippen molar-refractivity contribution in [1.82, 2.24) is 0 Å². The van der Waals surface area contributed by atoms with Gasteiger partial charge in [-0.15, -0.1) is 0 Å². The van der Waals surface area contributed by atoms with Crippen molar-refractivity contribution in [2.24, 2.45) is 11.5 Å². The maximum absolute atomic E-state index is 12.2. The van der Waals surface area contributed by atoms with E-state index in [0.29, 0.717) is 0 Å². The predicted molar refractivity (Wildman–Crippen MR) is 99.6 cm³/mol. The quantitative estimate of drug-likeness (QED) is 0.205. The SMILES string of the molecule is NCC(=O)c1c(OC(=O)Oc2cccc([N+](=O)[O-])c2C(=O)CN)cccc1[N+](=O)[O-]. The number of nitro benzene ring substituents is 2. The zero-order valence-corrected chi connectivity index (χ0v) is 15.1. The molecule has 0 amide bonds. The Morgan fingerprint density at radius 3 is 1.43 bits per heavy atom. The number of carbonyl (C=O) groups excluding carboxylic acids is 3. The third-order valence-corrected chi connectivity index (χ3v) is 3.72. The molecule has 0 saturated carbocycles. The van der Waals surface area contributed by atoms with Gasteiger partial charge in [0.1, 0.15) is 11.1 Å². The van der Waals surface area contributed by atoms with E-state index in [9.17, 15) is 34.6 Å². The standard InChI is InChI=1S/C17H14N4O9/c18-7-11(22)15-9(20(25)26)3-1-5-13(15)29-17(24)30-14-6-2-4-10(21(27)28)16(14)12(23)8-19/h1-6H,7-8,18-19H2. The van der Waals surface area contributed by atoms with E-state index < -0.39 is 74.7 Å². The molecule has 156 valence electrons. The third kappa shape index (κ3) is 4.60. The van der Waals surface area contributed by atoms with Gasteiger partial charge in [0.05, 0.1) is 22.9 Å². The topological polar surface area (TPSA) is 208 Å². The average molecular weight is 418 g/mol. The summed E-state index contributed by atoms with van der Waals surface area (Å²) in [6.45, 7) is -1.20.